The molecule has 4 nitrogen and oxygen atoms in total. The number of nitrogens with zero attached hydrogens (tertiary/aromatic N) is 2. The van der Waals surface area contributed by atoms with E-state index >= 15 is 0 Å². The van der Waals surface area contributed by atoms with Crippen molar-refractivity contribution in [2.75, 3.05) is 6.54 Å². The van der Waals surface area contributed by atoms with Gasteiger partial charge in [0.25, 0.3) is 0 Å². The summed E-state index contributed by atoms with van der Waals surface area (Å²) in [7, 11) is 0. The van der Waals surface area contributed by atoms with Crippen LogP contribution in [0.5, 0.6) is 0 Å². The minimum absolute atomic E-state index is 0.275. The van der Waals surface area contributed by atoms with Gasteiger partial charge in [0.2, 0.25) is 0 Å². The quantitative estimate of drug-likeness (QED) is 0.749. The summed E-state index contributed by atoms with van der Waals surface area (Å²) in [5.74, 6) is 2.61. The molecule has 1 heterocycles. The van der Waals surface area contributed by atoms with Gasteiger partial charge in [0, 0.05) is 18.9 Å². The Morgan fingerprint density at radius 1 is 1.43 bits per heavy atom. The van der Waals surface area contributed by atoms with Crippen LogP contribution in [0.15, 0.2) is 0 Å². The molecule has 0 aliphatic carbocycles. The molecule has 1 aromatic rings. The molecule has 0 aromatic carbocycles. The van der Waals surface area contributed by atoms with Crippen molar-refractivity contribution in [1.29, 1.82) is 0 Å². The van der Waals surface area contributed by atoms with E-state index in [0.29, 0.717) is 12.5 Å². The molecule has 0 aliphatic heterocycles. The zero-order valence-corrected chi connectivity index (χ0v) is 9.25. The van der Waals surface area contributed by atoms with E-state index in [1.165, 1.54) is 0 Å². The summed E-state index contributed by atoms with van der Waals surface area (Å²) in [5.41, 5.74) is 5.70. The SMILES string of the molecule is CCCc1nc(C(CN)C(C)C)n[nH]1. The Bertz CT molecular complexity index is 267. The highest BCUT2D eigenvalue weighted by molar-refractivity contribution is 4.99. The first-order chi connectivity index (χ1) is 6.69. The summed E-state index contributed by atoms with van der Waals surface area (Å²) < 4.78 is 0. The topological polar surface area (TPSA) is 67.6 Å². The fourth-order valence-electron chi connectivity index (χ4n) is 1.50. The number of aromatic amines is 1. The number of aromatic nitrogens is 3. The standard InChI is InChI=1S/C10H20N4/c1-4-5-9-12-10(14-13-9)8(6-11)7(2)3/h7-8H,4-6,11H2,1-3H3,(H,12,13,14). The first kappa shape index (κ1) is 11.2. The van der Waals surface area contributed by atoms with E-state index in [1.807, 2.05) is 0 Å². The summed E-state index contributed by atoms with van der Waals surface area (Å²) in [5, 5.41) is 7.17. The molecular formula is C10H20N4. The minimum atomic E-state index is 0.275. The number of nitrogens with two attached hydrogens (primary N) is 1. The molecule has 0 amide bonds. The van der Waals surface area contributed by atoms with Crippen molar-refractivity contribution in [2.45, 2.75) is 39.5 Å². The summed E-state index contributed by atoms with van der Waals surface area (Å²) in [4.78, 5) is 4.45. The number of H-pyrrole nitrogens is 1. The Morgan fingerprint density at radius 2 is 2.14 bits per heavy atom. The van der Waals surface area contributed by atoms with E-state index in [4.69, 9.17) is 5.73 Å². The van der Waals surface area contributed by atoms with Crippen molar-refractivity contribution in [2.24, 2.45) is 11.7 Å². The molecule has 0 spiro atoms. The molecule has 1 atom stereocenters. The Kier molecular flexibility index (Phi) is 4.07. The van der Waals surface area contributed by atoms with Crippen LogP contribution in [-0.2, 0) is 6.42 Å². The van der Waals surface area contributed by atoms with E-state index in [0.717, 1.165) is 24.5 Å². The summed E-state index contributed by atoms with van der Waals surface area (Å²) in [6.45, 7) is 7.03. The third-order valence-electron chi connectivity index (χ3n) is 2.43. The van der Waals surface area contributed by atoms with Crippen LogP contribution in [0.3, 0.4) is 0 Å². The molecule has 0 fully saturated rings. The molecule has 0 aliphatic rings. The van der Waals surface area contributed by atoms with Crippen molar-refractivity contribution in [3.05, 3.63) is 11.6 Å². The predicted octanol–water partition coefficient (Wildman–Crippen LogP) is 1.46. The molecule has 3 N–H and O–H groups in total. The minimum Gasteiger partial charge on any atom is -0.330 e. The number of rotatable bonds is 5. The molecule has 0 radical (unpaired) electrons. The van der Waals surface area contributed by atoms with Crippen LogP contribution in [0.25, 0.3) is 0 Å². The lowest BCUT2D eigenvalue weighted by molar-refractivity contribution is 0.484. The van der Waals surface area contributed by atoms with E-state index in [1.54, 1.807) is 0 Å². The number of hydrogen-bond acceptors (Lipinski definition) is 3. The smallest absolute Gasteiger partial charge is 0.155 e. The number of aryl methyl sites for hydroxylation is 1. The number of nitrogens with one attached hydrogen (secondary N) is 1. The second kappa shape index (κ2) is 5.10. The zero-order chi connectivity index (χ0) is 10.6. The van der Waals surface area contributed by atoms with Crippen LogP contribution in [0, 0.1) is 5.92 Å². The second-order valence-electron chi connectivity index (χ2n) is 3.98. The Balaban J connectivity index is 2.73. The van der Waals surface area contributed by atoms with E-state index in [-0.39, 0.29) is 5.92 Å². The predicted molar refractivity (Wildman–Crippen MR) is 57.0 cm³/mol. The van der Waals surface area contributed by atoms with Gasteiger partial charge in [0.1, 0.15) is 5.82 Å². The molecule has 1 aromatic heterocycles. The fraction of sp³-hybridized carbons (Fsp3) is 0.800. The molecule has 14 heavy (non-hydrogen) atoms. The van der Waals surface area contributed by atoms with Crippen molar-refractivity contribution >= 4 is 0 Å². The fourth-order valence-corrected chi connectivity index (χ4v) is 1.50. The highest BCUT2D eigenvalue weighted by Crippen LogP contribution is 2.19. The lowest BCUT2D eigenvalue weighted by atomic mass is 9.95. The molecule has 0 bridgehead atoms. The average molecular weight is 196 g/mol. The second-order valence-corrected chi connectivity index (χ2v) is 3.98. The van der Waals surface area contributed by atoms with Gasteiger partial charge in [-0.05, 0) is 12.3 Å². The van der Waals surface area contributed by atoms with Gasteiger partial charge in [0.05, 0.1) is 0 Å². The Hall–Kier alpha value is -0.900. The Morgan fingerprint density at radius 3 is 2.64 bits per heavy atom. The van der Waals surface area contributed by atoms with Crippen LogP contribution in [0.4, 0.5) is 0 Å². The van der Waals surface area contributed by atoms with E-state index in [9.17, 15) is 0 Å². The molecule has 80 valence electrons. The molecule has 1 rings (SSSR count). The van der Waals surface area contributed by atoms with Gasteiger partial charge in [-0.2, -0.15) is 5.10 Å². The maximum absolute atomic E-state index is 5.70. The molecule has 0 saturated carbocycles. The summed E-state index contributed by atoms with van der Waals surface area (Å²) in [6.07, 6.45) is 2.05. The monoisotopic (exact) mass is 196 g/mol. The number of hydrogen-bond donors (Lipinski definition) is 2. The van der Waals surface area contributed by atoms with Gasteiger partial charge in [-0.1, -0.05) is 20.8 Å². The van der Waals surface area contributed by atoms with Gasteiger partial charge in [-0.25, -0.2) is 4.98 Å². The first-order valence-electron chi connectivity index (χ1n) is 5.30. The highest BCUT2D eigenvalue weighted by Gasteiger charge is 2.18. The molecule has 0 saturated heterocycles. The molecular weight excluding hydrogens is 176 g/mol. The van der Waals surface area contributed by atoms with Gasteiger partial charge in [-0.3, -0.25) is 5.10 Å². The third kappa shape index (κ3) is 2.54. The van der Waals surface area contributed by atoms with Crippen molar-refractivity contribution < 1.29 is 0 Å². The zero-order valence-electron chi connectivity index (χ0n) is 9.25. The van der Waals surface area contributed by atoms with Crippen LogP contribution in [0.2, 0.25) is 0 Å². The van der Waals surface area contributed by atoms with Crippen molar-refractivity contribution in [3.63, 3.8) is 0 Å². The largest absolute Gasteiger partial charge is 0.330 e. The third-order valence-corrected chi connectivity index (χ3v) is 2.43. The first-order valence-corrected chi connectivity index (χ1v) is 5.30. The van der Waals surface area contributed by atoms with Gasteiger partial charge < -0.3 is 5.73 Å². The average Bonchev–Trinajstić information content (AvgIpc) is 2.54. The highest BCUT2D eigenvalue weighted by atomic mass is 15.2. The molecule has 4 heteroatoms. The summed E-state index contributed by atoms with van der Waals surface area (Å²) in [6, 6.07) is 0. The van der Waals surface area contributed by atoms with Gasteiger partial charge in [0.15, 0.2) is 5.82 Å². The molecule has 1 unspecified atom stereocenters. The van der Waals surface area contributed by atoms with Crippen LogP contribution < -0.4 is 5.73 Å². The van der Waals surface area contributed by atoms with Crippen molar-refractivity contribution in [3.8, 4) is 0 Å². The Labute approximate surface area is 85.3 Å². The van der Waals surface area contributed by atoms with Crippen LogP contribution in [0.1, 0.15) is 44.8 Å². The maximum Gasteiger partial charge on any atom is 0.155 e. The van der Waals surface area contributed by atoms with Gasteiger partial charge in [-0.15, -0.1) is 0 Å². The maximum atomic E-state index is 5.70. The van der Waals surface area contributed by atoms with E-state index < -0.39 is 0 Å². The van der Waals surface area contributed by atoms with Crippen LogP contribution >= 0.6 is 0 Å². The normalized spacial score (nSPS) is 13.5. The van der Waals surface area contributed by atoms with Crippen LogP contribution in [-0.4, -0.2) is 21.7 Å². The summed E-state index contributed by atoms with van der Waals surface area (Å²) >= 11 is 0. The van der Waals surface area contributed by atoms with E-state index in [2.05, 4.69) is 36.0 Å². The lowest BCUT2D eigenvalue weighted by Crippen LogP contribution is -2.19. The van der Waals surface area contributed by atoms with Gasteiger partial charge >= 0.3 is 0 Å². The lowest BCUT2D eigenvalue weighted by Gasteiger charge is -2.14. The van der Waals surface area contributed by atoms with Crippen molar-refractivity contribution in [1.82, 2.24) is 15.2 Å².